The summed E-state index contributed by atoms with van der Waals surface area (Å²) in [4.78, 5) is 0. The van der Waals surface area contributed by atoms with Crippen molar-refractivity contribution in [3.05, 3.63) is 36.1 Å². The Kier molecular flexibility index (Phi) is 3.04. The molecule has 0 amide bonds. The summed E-state index contributed by atoms with van der Waals surface area (Å²) in [6.45, 7) is 6.89. The molecule has 0 aliphatic rings. The van der Waals surface area contributed by atoms with E-state index >= 15 is 0 Å². The summed E-state index contributed by atoms with van der Waals surface area (Å²) >= 11 is 0. The molecule has 0 bridgehead atoms. The van der Waals surface area contributed by atoms with Gasteiger partial charge in [0.25, 0.3) is 0 Å². The van der Waals surface area contributed by atoms with E-state index in [4.69, 9.17) is 4.42 Å². The van der Waals surface area contributed by atoms with Gasteiger partial charge in [-0.05, 0) is 42.0 Å². The lowest BCUT2D eigenvalue weighted by atomic mass is 9.76. The van der Waals surface area contributed by atoms with Gasteiger partial charge in [0, 0.05) is 5.39 Å². The molecule has 0 spiro atoms. The van der Waals surface area contributed by atoms with Crippen LogP contribution in [0.5, 0.6) is 0 Å². The molecule has 1 unspecified atom stereocenters. The summed E-state index contributed by atoms with van der Waals surface area (Å²) in [6.07, 6.45) is 5.42. The minimum absolute atomic E-state index is 0.306. The van der Waals surface area contributed by atoms with Crippen molar-refractivity contribution < 1.29 is 4.42 Å². The molecular weight excluding hydrogens is 196 g/mol. The van der Waals surface area contributed by atoms with E-state index in [1.807, 2.05) is 6.07 Å². The largest absolute Gasteiger partial charge is 0.464 e. The van der Waals surface area contributed by atoms with Crippen molar-refractivity contribution in [2.75, 3.05) is 0 Å². The van der Waals surface area contributed by atoms with Crippen LogP contribution in [0.15, 0.2) is 34.9 Å². The highest BCUT2D eigenvalue weighted by atomic mass is 16.3. The SMILES string of the molecule is CCCC(C)(CC)c1ccc2occc2c1. The first-order valence-corrected chi connectivity index (χ1v) is 6.17. The molecule has 1 aromatic heterocycles. The highest BCUT2D eigenvalue weighted by Gasteiger charge is 2.23. The van der Waals surface area contributed by atoms with Crippen LogP contribution in [-0.4, -0.2) is 0 Å². The maximum absolute atomic E-state index is 5.38. The van der Waals surface area contributed by atoms with Gasteiger partial charge < -0.3 is 4.42 Å². The second-order valence-corrected chi connectivity index (χ2v) is 4.84. The van der Waals surface area contributed by atoms with Crippen molar-refractivity contribution in [3.63, 3.8) is 0 Å². The fourth-order valence-electron chi connectivity index (χ4n) is 2.42. The van der Waals surface area contributed by atoms with E-state index in [-0.39, 0.29) is 0 Å². The molecule has 1 atom stereocenters. The molecule has 86 valence electrons. The zero-order chi connectivity index (χ0) is 11.6. The Morgan fingerprint density at radius 2 is 2.00 bits per heavy atom. The fraction of sp³-hybridized carbons (Fsp3) is 0.467. The third-order valence-corrected chi connectivity index (χ3v) is 3.73. The lowest BCUT2D eigenvalue weighted by Crippen LogP contribution is -2.20. The van der Waals surface area contributed by atoms with Crippen molar-refractivity contribution in [1.29, 1.82) is 0 Å². The normalized spacial score (nSPS) is 15.2. The smallest absolute Gasteiger partial charge is 0.133 e. The van der Waals surface area contributed by atoms with Gasteiger partial charge in [-0.1, -0.05) is 33.3 Å². The van der Waals surface area contributed by atoms with Crippen molar-refractivity contribution >= 4 is 11.0 Å². The van der Waals surface area contributed by atoms with Gasteiger partial charge in [0.05, 0.1) is 6.26 Å². The first kappa shape index (κ1) is 11.3. The first-order valence-electron chi connectivity index (χ1n) is 6.17. The van der Waals surface area contributed by atoms with E-state index in [0.29, 0.717) is 5.41 Å². The summed E-state index contributed by atoms with van der Waals surface area (Å²) < 4.78 is 5.38. The number of rotatable bonds is 4. The molecule has 1 heteroatoms. The predicted octanol–water partition coefficient (Wildman–Crippen LogP) is 4.90. The number of hydrogen-bond acceptors (Lipinski definition) is 1. The third kappa shape index (κ3) is 1.87. The van der Waals surface area contributed by atoms with Gasteiger partial charge in [0.1, 0.15) is 5.58 Å². The molecular formula is C15H20O. The molecule has 2 aromatic rings. The second-order valence-electron chi connectivity index (χ2n) is 4.84. The van der Waals surface area contributed by atoms with E-state index in [1.165, 1.54) is 30.2 Å². The average Bonchev–Trinajstić information content (AvgIpc) is 2.76. The van der Waals surface area contributed by atoms with Crippen molar-refractivity contribution in [1.82, 2.24) is 0 Å². The van der Waals surface area contributed by atoms with Gasteiger partial charge in [0.15, 0.2) is 0 Å². The number of hydrogen-bond donors (Lipinski definition) is 0. The lowest BCUT2D eigenvalue weighted by Gasteiger charge is -2.28. The van der Waals surface area contributed by atoms with Crippen LogP contribution in [0.25, 0.3) is 11.0 Å². The fourth-order valence-corrected chi connectivity index (χ4v) is 2.42. The minimum atomic E-state index is 0.306. The molecule has 0 saturated heterocycles. The van der Waals surface area contributed by atoms with Crippen molar-refractivity contribution in [3.8, 4) is 0 Å². The molecule has 16 heavy (non-hydrogen) atoms. The van der Waals surface area contributed by atoms with Crippen LogP contribution in [-0.2, 0) is 5.41 Å². The first-order chi connectivity index (χ1) is 7.69. The van der Waals surface area contributed by atoms with E-state index in [9.17, 15) is 0 Å². The average molecular weight is 216 g/mol. The minimum Gasteiger partial charge on any atom is -0.464 e. The van der Waals surface area contributed by atoms with Gasteiger partial charge in [-0.25, -0.2) is 0 Å². The van der Waals surface area contributed by atoms with Crippen LogP contribution in [0, 0.1) is 0 Å². The topological polar surface area (TPSA) is 13.1 Å². The van der Waals surface area contributed by atoms with Gasteiger partial charge >= 0.3 is 0 Å². The molecule has 0 fully saturated rings. The maximum Gasteiger partial charge on any atom is 0.133 e. The number of furan rings is 1. The standard InChI is InChI=1S/C15H20O/c1-4-9-15(3,5-2)13-6-7-14-12(11-13)8-10-16-14/h6-8,10-11H,4-5,9H2,1-3H3. The molecule has 2 rings (SSSR count). The van der Waals surface area contributed by atoms with E-state index in [1.54, 1.807) is 6.26 Å². The molecule has 0 saturated carbocycles. The highest BCUT2D eigenvalue weighted by molar-refractivity contribution is 5.78. The Morgan fingerprint density at radius 1 is 1.19 bits per heavy atom. The molecule has 0 aliphatic heterocycles. The molecule has 1 nitrogen and oxygen atoms in total. The van der Waals surface area contributed by atoms with Crippen molar-refractivity contribution in [2.45, 2.75) is 45.4 Å². The molecule has 1 aromatic carbocycles. The Hall–Kier alpha value is -1.24. The van der Waals surface area contributed by atoms with Crippen LogP contribution < -0.4 is 0 Å². The summed E-state index contributed by atoms with van der Waals surface area (Å²) in [7, 11) is 0. The second kappa shape index (κ2) is 4.32. The quantitative estimate of drug-likeness (QED) is 0.708. The molecule has 0 N–H and O–H groups in total. The van der Waals surface area contributed by atoms with E-state index in [2.05, 4.69) is 39.0 Å². The zero-order valence-electron chi connectivity index (χ0n) is 10.4. The van der Waals surface area contributed by atoms with Crippen LogP contribution in [0.4, 0.5) is 0 Å². The van der Waals surface area contributed by atoms with Gasteiger partial charge in [-0.3, -0.25) is 0 Å². The van der Waals surface area contributed by atoms with Gasteiger partial charge in [-0.2, -0.15) is 0 Å². The van der Waals surface area contributed by atoms with Gasteiger partial charge in [0.2, 0.25) is 0 Å². The molecule has 1 heterocycles. The predicted molar refractivity (Wildman–Crippen MR) is 68.8 cm³/mol. The number of benzene rings is 1. The Balaban J connectivity index is 2.44. The Labute approximate surface area is 97.5 Å². The summed E-state index contributed by atoms with van der Waals surface area (Å²) in [5, 5.41) is 1.22. The van der Waals surface area contributed by atoms with Crippen LogP contribution in [0.2, 0.25) is 0 Å². The molecule has 0 radical (unpaired) electrons. The molecule has 0 aliphatic carbocycles. The summed E-state index contributed by atoms with van der Waals surface area (Å²) in [5.41, 5.74) is 2.73. The monoisotopic (exact) mass is 216 g/mol. The third-order valence-electron chi connectivity index (χ3n) is 3.73. The summed E-state index contributed by atoms with van der Waals surface area (Å²) in [5.74, 6) is 0. The number of fused-ring (bicyclic) bond motifs is 1. The van der Waals surface area contributed by atoms with Gasteiger partial charge in [-0.15, -0.1) is 0 Å². The van der Waals surface area contributed by atoms with Crippen LogP contribution >= 0.6 is 0 Å². The van der Waals surface area contributed by atoms with Crippen LogP contribution in [0.1, 0.15) is 45.6 Å². The lowest BCUT2D eigenvalue weighted by molar-refractivity contribution is 0.414. The zero-order valence-corrected chi connectivity index (χ0v) is 10.4. The maximum atomic E-state index is 5.38. The van der Waals surface area contributed by atoms with Crippen LogP contribution in [0.3, 0.4) is 0 Å². The Morgan fingerprint density at radius 3 is 2.69 bits per heavy atom. The van der Waals surface area contributed by atoms with E-state index in [0.717, 1.165) is 5.58 Å². The Bertz CT molecular complexity index is 469. The highest BCUT2D eigenvalue weighted by Crippen LogP contribution is 2.34. The van der Waals surface area contributed by atoms with Crippen molar-refractivity contribution in [2.24, 2.45) is 0 Å². The van der Waals surface area contributed by atoms with E-state index < -0.39 is 0 Å². The summed E-state index contributed by atoms with van der Waals surface area (Å²) in [6, 6.07) is 8.62.